The summed E-state index contributed by atoms with van der Waals surface area (Å²) in [4.78, 5) is 0. The molecule has 1 aromatic carbocycles. The second-order valence-corrected chi connectivity index (χ2v) is 5.54. The first-order chi connectivity index (χ1) is 7.13. The Kier molecular flexibility index (Phi) is 5.64. The fourth-order valence-corrected chi connectivity index (χ4v) is 2.52. The first-order valence-electron chi connectivity index (χ1n) is 4.85. The maximum Gasteiger partial charge on any atom is 0.128 e. The van der Waals surface area contributed by atoms with Gasteiger partial charge in [-0.1, -0.05) is 28.9 Å². The Morgan fingerprint density at radius 3 is 2.87 bits per heavy atom. The molecule has 0 radical (unpaired) electrons. The largest absolute Gasteiger partial charge is 0.330 e. The lowest BCUT2D eigenvalue weighted by molar-refractivity contribution is 0.616. The van der Waals surface area contributed by atoms with Crippen molar-refractivity contribution in [1.29, 1.82) is 0 Å². The van der Waals surface area contributed by atoms with Crippen LogP contribution >= 0.6 is 27.7 Å². The molecule has 84 valence electrons. The molecular weight excluding hydrogens is 277 g/mol. The van der Waals surface area contributed by atoms with Gasteiger partial charge in [-0.25, -0.2) is 4.39 Å². The molecular formula is C11H15BrFNS. The summed E-state index contributed by atoms with van der Waals surface area (Å²) in [5.74, 6) is 2.04. The van der Waals surface area contributed by atoms with Gasteiger partial charge in [0, 0.05) is 10.2 Å². The van der Waals surface area contributed by atoms with Crippen molar-refractivity contribution in [3.05, 3.63) is 34.1 Å². The van der Waals surface area contributed by atoms with Crippen LogP contribution in [-0.2, 0) is 5.75 Å². The third-order valence-corrected chi connectivity index (χ3v) is 3.89. The Labute approximate surface area is 103 Å². The van der Waals surface area contributed by atoms with Gasteiger partial charge in [0.1, 0.15) is 5.82 Å². The molecule has 2 N–H and O–H groups in total. The van der Waals surface area contributed by atoms with Crippen LogP contribution in [0.4, 0.5) is 4.39 Å². The maximum absolute atomic E-state index is 13.4. The van der Waals surface area contributed by atoms with Gasteiger partial charge in [0.05, 0.1) is 0 Å². The average molecular weight is 292 g/mol. The van der Waals surface area contributed by atoms with Gasteiger partial charge in [-0.15, -0.1) is 0 Å². The third-order valence-electron chi connectivity index (χ3n) is 2.08. The summed E-state index contributed by atoms with van der Waals surface area (Å²) < 4.78 is 14.2. The molecule has 0 aliphatic carbocycles. The van der Waals surface area contributed by atoms with Gasteiger partial charge in [-0.3, -0.25) is 0 Å². The molecule has 15 heavy (non-hydrogen) atoms. The van der Waals surface area contributed by atoms with E-state index in [1.165, 1.54) is 6.07 Å². The van der Waals surface area contributed by atoms with E-state index in [0.717, 1.165) is 15.8 Å². The molecule has 0 bridgehead atoms. The molecule has 0 heterocycles. The third kappa shape index (κ3) is 4.53. The van der Waals surface area contributed by atoms with Crippen LogP contribution in [0.1, 0.15) is 12.5 Å². The normalized spacial score (nSPS) is 12.8. The van der Waals surface area contributed by atoms with Gasteiger partial charge < -0.3 is 5.73 Å². The quantitative estimate of drug-likeness (QED) is 0.900. The Morgan fingerprint density at radius 2 is 2.27 bits per heavy atom. The van der Waals surface area contributed by atoms with E-state index in [2.05, 4.69) is 22.9 Å². The van der Waals surface area contributed by atoms with E-state index in [4.69, 9.17) is 5.73 Å². The fraction of sp³-hybridized carbons (Fsp3) is 0.455. The first-order valence-corrected chi connectivity index (χ1v) is 6.80. The molecule has 1 nitrogen and oxygen atoms in total. The highest BCUT2D eigenvalue weighted by Gasteiger charge is 2.04. The molecule has 0 fully saturated rings. The van der Waals surface area contributed by atoms with Crippen molar-refractivity contribution in [2.75, 3.05) is 12.3 Å². The minimum atomic E-state index is -0.141. The second-order valence-electron chi connectivity index (χ2n) is 3.59. The van der Waals surface area contributed by atoms with E-state index in [1.807, 2.05) is 12.1 Å². The first kappa shape index (κ1) is 13.0. The number of halogens is 2. The number of benzene rings is 1. The van der Waals surface area contributed by atoms with Crippen LogP contribution in [0.15, 0.2) is 22.7 Å². The molecule has 1 rings (SSSR count). The van der Waals surface area contributed by atoms with E-state index in [1.54, 1.807) is 11.8 Å². The molecule has 0 spiro atoms. The van der Waals surface area contributed by atoms with Gasteiger partial charge in [0.15, 0.2) is 0 Å². The Hall–Kier alpha value is -0.0600. The maximum atomic E-state index is 13.4. The van der Waals surface area contributed by atoms with Gasteiger partial charge in [0.2, 0.25) is 0 Å². The van der Waals surface area contributed by atoms with E-state index in [0.29, 0.717) is 18.2 Å². The Bertz CT molecular complexity index is 319. The van der Waals surface area contributed by atoms with Gasteiger partial charge >= 0.3 is 0 Å². The fourth-order valence-electron chi connectivity index (χ4n) is 1.08. The van der Waals surface area contributed by atoms with Crippen molar-refractivity contribution in [3.63, 3.8) is 0 Å². The summed E-state index contributed by atoms with van der Waals surface area (Å²) in [6.07, 6.45) is 0. The minimum absolute atomic E-state index is 0.141. The number of nitrogens with two attached hydrogens (primary N) is 1. The van der Waals surface area contributed by atoms with Crippen LogP contribution in [0, 0.1) is 11.7 Å². The molecule has 1 atom stereocenters. The predicted octanol–water partition coefficient (Wildman–Crippen LogP) is 3.42. The summed E-state index contributed by atoms with van der Waals surface area (Å²) in [6, 6.07) is 5.19. The average Bonchev–Trinajstić information content (AvgIpc) is 2.21. The van der Waals surface area contributed by atoms with Crippen LogP contribution in [0.2, 0.25) is 0 Å². The lowest BCUT2D eigenvalue weighted by Gasteiger charge is -2.08. The molecule has 0 saturated heterocycles. The van der Waals surface area contributed by atoms with E-state index in [-0.39, 0.29) is 5.82 Å². The van der Waals surface area contributed by atoms with Crippen molar-refractivity contribution in [3.8, 4) is 0 Å². The van der Waals surface area contributed by atoms with Crippen LogP contribution in [0.25, 0.3) is 0 Å². The summed E-state index contributed by atoms with van der Waals surface area (Å²) in [7, 11) is 0. The molecule has 0 aliphatic rings. The van der Waals surface area contributed by atoms with E-state index >= 15 is 0 Å². The lowest BCUT2D eigenvalue weighted by atomic mass is 10.2. The van der Waals surface area contributed by atoms with Crippen molar-refractivity contribution in [1.82, 2.24) is 0 Å². The monoisotopic (exact) mass is 291 g/mol. The van der Waals surface area contributed by atoms with E-state index in [9.17, 15) is 4.39 Å². The summed E-state index contributed by atoms with van der Waals surface area (Å²) >= 11 is 4.96. The highest BCUT2D eigenvalue weighted by atomic mass is 79.9. The molecule has 1 unspecified atom stereocenters. The van der Waals surface area contributed by atoms with Crippen LogP contribution < -0.4 is 5.73 Å². The second kappa shape index (κ2) is 6.51. The molecule has 0 aliphatic heterocycles. The number of rotatable bonds is 5. The predicted molar refractivity (Wildman–Crippen MR) is 68.5 cm³/mol. The zero-order valence-electron chi connectivity index (χ0n) is 8.67. The zero-order chi connectivity index (χ0) is 11.3. The molecule has 0 aromatic heterocycles. The molecule has 0 saturated carbocycles. The highest BCUT2D eigenvalue weighted by Crippen LogP contribution is 2.20. The highest BCUT2D eigenvalue weighted by molar-refractivity contribution is 9.10. The van der Waals surface area contributed by atoms with Gasteiger partial charge in [-0.05, 0) is 35.9 Å². The topological polar surface area (TPSA) is 26.0 Å². The van der Waals surface area contributed by atoms with Crippen molar-refractivity contribution < 1.29 is 4.39 Å². The van der Waals surface area contributed by atoms with Crippen molar-refractivity contribution in [2.45, 2.75) is 12.7 Å². The van der Waals surface area contributed by atoms with Gasteiger partial charge in [-0.2, -0.15) is 11.8 Å². The molecule has 0 amide bonds. The van der Waals surface area contributed by atoms with Crippen LogP contribution in [0.5, 0.6) is 0 Å². The zero-order valence-corrected chi connectivity index (χ0v) is 11.1. The molecule has 1 aromatic rings. The lowest BCUT2D eigenvalue weighted by Crippen LogP contribution is -2.12. The summed E-state index contributed by atoms with van der Waals surface area (Å²) in [5.41, 5.74) is 6.26. The summed E-state index contributed by atoms with van der Waals surface area (Å²) in [5, 5.41) is 0. The van der Waals surface area contributed by atoms with Crippen molar-refractivity contribution in [2.24, 2.45) is 11.7 Å². The van der Waals surface area contributed by atoms with Crippen molar-refractivity contribution >= 4 is 27.7 Å². The molecule has 4 heteroatoms. The Balaban J connectivity index is 2.44. The standard InChI is InChI=1S/C11H15BrFNS/c1-8(5-14)6-15-7-9-2-3-10(12)4-11(9)13/h2-4,8H,5-7,14H2,1H3. The number of thioether (sulfide) groups is 1. The minimum Gasteiger partial charge on any atom is -0.330 e. The summed E-state index contributed by atoms with van der Waals surface area (Å²) in [6.45, 7) is 2.79. The number of hydrogen-bond acceptors (Lipinski definition) is 2. The van der Waals surface area contributed by atoms with E-state index < -0.39 is 0 Å². The van der Waals surface area contributed by atoms with Crippen LogP contribution in [0.3, 0.4) is 0 Å². The number of hydrogen-bond donors (Lipinski definition) is 1. The smallest absolute Gasteiger partial charge is 0.128 e. The SMILES string of the molecule is CC(CN)CSCc1ccc(Br)cc1F. The van der Waals surface area contributed by atoms with Gasteiger partial charge in [0.25, 0.3) is 0 Å². The Morgan fingerprint density at radius 1 is 1.53 bits per heavy atom. The van der Waals surface area contributed by atoms with Crippen LogP contribution in [-0.4, -0.2) is 12.3 Å².